The van der Waals surface area contributed by atoms with E-state index in [9.17, 15) is 5.26 Å². The molecular weight excluding hydrogens is 358 g/mol. The van der Waals surface area contributed by atoms with Gasteiger partial charge in [-0.2, -0.15) is 10.5 Å². The van der Waals surface area contributed by atoms with Crippen molar-refractivity contribution in [3.63, 3.8) is 0 Å². The molecule has 0 saturated heterocycles. The van der Waals surface area contributed by atoms with Crippen molar-refractivity contribution in [1.82, 2.24) is 4.98 Å². The van der Waals surface area contributed by atoms with E-state index in [4.69, 9.17) is 14.4 Å². The van der Waals surface area contributed by atoms with Crippen molar-refractivity contribution in [2.45, 2.75) is 0 Å². The smallest absolute Gasteiger partial charge is 0.238 e. The van der Waals surface area contributed by atoms with E-state index in [1.54, 1.807) is 54.0 Å². The summed E-state index contributed by atoms with van der Waals surface area (Å²) in [6.07, 6.45) is 1.56. The normalized spacial score (nSPS) is 10.1. The Balaban J connectivity index is 1.86. The fourth-order valence-electron chi connectivity index (χ4n) is 2.59. The minimum absolute atomic E-state index is 0.194. The molecule has 0 saturated carbocycles. The van der Waals surface area contributed by atoms with E-state index >= 15 is 0 Å². The van der Waals surface area contributed by atoms with Gasteiger partial charge in [0.2, 0.25) is 5.88 Å². The predicted octanol–water partition coefficient (Wildman–Crippen LogP) is 5.61. The molecule has 0 aliphatic rings. The van der Waals surface area contributed by atoms with Crippen molar-refractivity contribution < 1.29 is 9.15 Å². The molecule has 0 atom stereocenters. The lowest BCUT2D eigenvalue weighted by atomic mass is 10.1. The molecule has 5 nitrogen and oxygen atoms in total. The summed E-state index contributed by atoms with van der Waals surface area (Å²) in [7, 11) is 0. The van der Waals surface area contributed by atoms with Gasteiger partial charge in [0.1, 0.15) is 23.1 Å². The second-order valence-electron chi connectivity index (χ2n) is 5.54. The maximum atomic E-state index is 9.73. The lowest BCUT2D eigenvalue weighted by molar-refractivity contribution is 0.462. The van der Waals surface area contributed by atoms with Crippen molar-refractivity contribution in [2.75, 3.05) is 0 Å². The molecule has 0 bridgehead atoms. The number of benzene rings is 1. The largest absolute Gasteiger partial charge is 0.464 e. The fraction of sp³-hybridized carbons (Fsp3) is 0. The zero-order valence-corrected chi connectivity index (χ0v) is 14.7. The van der Waals surface area contributed by atoms with Gasteiger partial charge in [-0.15, -0.1) is 11.3 Å². The number of furan rings is 1. The van der Waals surface area contributed by atoms with Gasteiger partial charge in [0, 0.05) is 5.56 Å². The highest BCUT2D eigenvalue weighted by molar-refractivity contribution is 7.13. The van der Waals surface area contributed by atoms with E-state index < -0.39 is 0 Å². The van der Waals surface area contributed by atoms with Gasteiger partial charge in [0.05, 0.1) is 28.5 Å². The van der Waals surface area contributed by atoms with Gasteiger partial charge in [-0.05, 0) is 53.9 Å². The van der Waals surface area contributed by atoms with Crippen LogP contribution in [0.1, 0.15) is 11.1 Å². The van der Waals surface area contributed by atoms with Crippen molar-refractivity contribution >= 4 is 11.3 Å². The molecule has 3 heterocycles. The lowest BCUT2D eigenvalue weighted by Crippen LogP contribution is -1.97. The quantitative estimate of drug-likeness (QED) is 0.467. The van der Waals surface area contributed by atoms with E-state index in [0.29, 0.717) is 28.3 Å². The zero-order chi connectivity index (χ0) is 18.6. The summed E-state index contributed by atoms with van der Waals surface area (Å²) in [5.41, 5.74) is 2.12. The summed E-state index contributed by atoms with van der Waals surface area (Å²) in [5.74, 6) is 1.25. The number of hydrogen-bond acceptors (Lipinski definition) is 6. The number of hydrogen-bond donors (Lipinski definition) is 0. The van der Waals surface area contributed by atoms with Crippen molar-refractivity contribution in [3.8, 4) is 45.7 Å². The molecule has 27 heavy (non-hydrogen) atoms. The van der Waals surface area contributed by atoms with Gasteiger partial charge in [-0.25, -0.2) is 4.98 Å². The van der Waals surface area contributed by atoms with Crippen LogP contribution in [0, 0.1) is 22.7 Å². The standard InChI is InChI=1S/C21H11N3O2S/c22-12-14-5-7-15(8-6-14)26-21-17(13-23)16(19-3-1-9-25-19)11-18(24-21)20-4-2-10-27-20/h1-11H. The molecule has 6 heteroatoms. The second-order valence-corrected chi connectivity index (χ2v) is 6.49. The van der Waals surface area contributed by atoms with Crippen LogP contribution in [0.4, 0.5) is 0 Å². The third-order valence-electron chi connectivity index (χ3n) is 3.86. The fourth-order valence-corrected chi connectivity index (χ4v) is 3.28. The summed E-state index contributed by atoms with van der Waals surface area (Å²) in [6.45, 7) is 0. The molecule has 3 aromatic heterocycles. The topological polar surface area (TPSA) is 82.8 Å². The molecular formula is C21H11N3O2S. The summed E-state index contributed by atoms with van der Waals surface area (Å²) < 4.78 is 11.4. The maximum absolute atomic E-state index is 9.73. The number of rotatable bonds is 4. The van der Waals surface area contributed by atoms with Crippen LogP contribution in [0.3, 0.4) is 0 Å². The van der Waals surface area contributed by atoms with Gasteiger partial charge in [-0.1, -0.05) is 6.07 Å². The third-order valence-corrected chi connectivity index (χ3v) is 4.75. The first-order valence-electron chi connectivity index (χ1n) is 7.99. The minimum Gasteiger partial charge on any atom is -0.464 e. The molecule has 0 aliphatic carbocycles. The van der Waals surface area contributed by atoms with Crippen LogP contribution in [0.5, 0.6) is 11.6 Å². The molecule has 1 aromatic carbocycles. The van der Waals surface area contributed by atoms with Crippen LogP contribution in [-0.4, -0.2) is 4.98 Å². The molecule has 0 amide bonds. The Morgan fingerprint density at radius 2 is 1.85 bits per heavy atom. The Kier molecular flexibility index (Phi) is 4.40. The lowest BCUT2D eigenvalue weighted by Gasteiger charge is -2.11. The number of pyridine rings is 1. The van der Waals surface area contributed by atoms with Gasteiger partial charge in [0.25, 0.3) is 0 Å². The highest BCUT2D eigenvalue weighted by Crippen LogP contribution is 2.36. The minimum atomic E-state index is 0.194. The van der Waals surface area contributed by atoms with E-state index in [2.05, 4.69) is 17.1 Å². The Hall–Kier alpha value is -3.87. The highest BCUT2D eigenvalue weighted by Gasteiger charge is 2.19. The molecule has 0 unspecified atom stereocenters. The molecule has 4 aromatic rings. The summed E-state index contributed by atoms with van der Waals surface area (Å²) >= 11 is 1.55. The SMILES string of the molecule is N#Cc1ccc(Oc2nc(-c3cccs3)cc(-c3ccco3)c2C#N)cc1. The first-order valence-corrected chi connectivity index (χ1v) is 8.87. The van der Waals surface area contributed by atoms with Gasteiger partial charge < -0.3 is 9.15 Å². The Bertz CT molecular complexity index is 1150. The van der Waals surface area contributed by atoms with E-state index in [0.717, 1.165) is 4.88 Å². The van der Waals surface area contributed by atoms with Crippen LogP contribution in [0.25, 0.3) is 21.9 Å². The average molecular weight is 369 g/mol. The second kappa shape index (κ2) is 7.17. The summed E-state index contributed by atoms with van der Waals surface area (Å²) in [6, 6.07) is 20.2. The summed E-state index contributed by atoms with van der Waals surface area (Å²) in [4.78, 5) is 5.51. The number of thiophene rings is 1. The maximum Gasteiger partial charge on any atom is 0.238 e. The number of aromatic nitrogens is 1. The van der Waals surface area contributed by atoms with Gasteiger partial charge in [0.15, 0.2) is 0 Å². The third kappa shape index (κ3) is 3.30. The zero-order valence-electron chi connectivity index (χ0n) is 13.9. The van der Waals surface area contributed by atoms with Crippen LogP contribution < -0.4 is 4.74 Å². The Morgan fingerprint density at radius 1 is 1.00 bits per heavy atom. The average Bonchev–Trinajstić information content (AvgIpc) is 3.42. The molecule has 0 fully saturated rings. The molecule has 0 aliphatic heterocycles. The van der Waals surface area contributed by atoms with Crippen LogP contribution in [0.2, 0.25) is 0 Å². The van der Waals surface area contributed by atoms with Crippen molar-refractivity contribution in [3.05, 3.63) is 77.4 Å². The molecule has 4 rings (SSSR count). The van der Waals surface area contributed by atoms with Gasteiger partial charge in [-0.3, -0.25) is 0 Å². The predicted molar refractivity (Wildman–Crippen MR) is 101 cm³/mol. The number of ether oxygens (including phenoxy) is 1. The van der Waals surface area contributed by atoms with E-state index in [1.165, 1.54) is 0 Å². The molecule has 0 spiro atoms. The van der Waals surface area contributed by atoms with E-state index in [1.807, 2.05) is 23.6 Å². The number of nitrogens with zero attached hydrogens (tertiary/aromatic N) is 3. The van der Waals surface area contributed by atoms with Crippen LogP contribution in [0.15, 0.2) is 70.7 Å². The van der Waals surface area contributed by atoms with Crippen LogP contribution in [-0.2, 0) is 0 Å². The van der Waals surface area contributed by atoms with Crippen molar-refractivity contribution in [1.29, 1.82) is 10.5 Å². The summed E-state index contributed by atoms with van der Waals surface area (Å²) in [5, 5.41) is 20.6. The number of nitriles is 2. The van der Waals surface area contributed by atoms with Gasteiger partial charge >= 0.3 is 0 Å². The molecule has 128 valence electrons. The van der Waals surface area contributed by atoms with E-state index in [-0.39, 0.29) is 11.4 Å². The molecule has 0 N–H and O–H groups in total. The van der Waals surface area contributed by atoms with Crippen molar-refractivity contribution in [2.24, 2.45) is 0 Å². The molecule has 0 radical (unpaired) electrons. The Labute approximate surface area is 159 Å². The first kappa shape index (κ1) is 16.6. The Morgan fingerprint density at radius 3 is 2.48 bits per heavy atom. The van der Waals surface area contributed by atoms with Crippen LogP contribution >= 0.6 is 11.3 Å². The first-order chi connectivity index (χ1) is 13.3. The monoisotopic (exact) mass is 369 g/mol. The highest BCUT2D eigenvalue weighted by atomic mass is 32.1.